The van der Waals surface area contributed by atoms with Gasteiger partial charge >= 0.3 is 0 Å². The fraction of sp³-hybridized carbons (Fsp3) is 0.421. The van der Waals surface area contributed by atoms with Crippen molar-refractivity contribution in [3.8, 4) is 0 Å². The third-order valence-electron chi connectivity index (χ3n) is 4.53. The van der Waals surface area contributed by atoms with Crippen LogP contribution in [0.3, 0.4) is 0 Å². The minimum Gasteiger partial charge on any atom is -0.352 e. The van der Waals surface area contributed by atoms with E-state index in [-0.39, 0.29) is 24.1 Å². The van der Waals surface area contributed by atoms with Gasteiger partial charge in [0.2, 0.25) is 5.91 Å². The number of nitrogens with zero attached hydrogens (tertiary/aromatic N) is 3. The summed E-state index contributed by atoms with van der Waals surface area (Å²) in [5.41, 5.74) is 1.43. The monoisotopic (exact) mass is 340 g/mol. The zero-order chi connectivity index (χ0) is 18.0. The van der Waals surface area contributed by atoms with Crippen molar-refractivity contribution >= 4 is 27.7 Å². The van der Waals surface area contributed by atoms with Crippen LogP contribution in [0, 0.1) is 0 Å². The molecule has 0 radical (unpaired) electrons. The number of aromatic nitrogens is 3. The van der Waals surface area contributed by atoms with E-state index in [1.54, 1.807) is 6.20 Å². The highest BCUT2D eigenvalue weighted by atomic mass is 16.2. The second-order valence-corrected chi connectivity index (χ2v) is 6.42. The lowest BCUT2D eigenvalue weighted by Gasteiger charge is -2.12. The number of fused-ring (bicyclic) bond motifs is 3. The number of amides is 1. The molecule has 0 bridgehead atoms. The molecule has 132 valence electrons. The number of carbonyl (C=O) groups excluding carboxylic acids is 1. The lowest BCUT2D eigenvalue weighted by Crippen LogP contribution is -2.38. The lowest BCUT2D eigenvalue weighted by atomic mass is 10.2. The first-order valence-corrected chi connectivity index (χ1v) is 8.83. The SMILES string of the molecule is CCCn1c2ccccc2c2cnn(CC(=O)N[C@H](C)CC)c(=O)c21. The number of hydrogen-bond donors (Lipinski definition) is 1. The van der Waals surface area contributed by atoms with Crippen LogP contribution in [0.1, 0.15) is 33.6 Å². The first-order valence-electron chi connectivity index (χ1n) is 8.83. The molecule has 0 fully saturated rings. The maximum absolute atomic E-state index is 13.0. The van der Waals surface area contributed by atoms with Crippen LogP contribution in [-0.2, 0) is 17.9 Å². The zero-order valence-electron chi connectivity index (χ0n) is 15.0. The topological polar surface area (TPSA) is 68.9 Å². The van der Waals surface area contributed by atoms with Crippen molar-refractivity contribution in [2.45, 2.75) is 52.7 Å². The Labute approximate surface area is 146 Å². The molecule has 1 atom stereocenters. The van der Waals surface area contributed by atoms with Crippen molar-refractivity contribution in [3.63, 3.8) is 0 Å². The number of para-hydroxylation sites is 1. The average Bonchev–Trinajstić information content (AvgIpc) is 2.92. The largest absolute Gasteiger partial charge is 0.352 e. The molecule has 0 aliphatic heterocycles. The van der Waals surface area contributed by atoms with Crippen LogP contribution < -0.4 is 10.9 Å². The van der Waals surface area contributed by atoms with Crippen molar-refractivity contribution in [2.75, 3.05) is 0 Å². The third kappa shape index (κ3) is 3.16. The predicted octanol–water partition coefficient (Wildman–Crippen LogP) is 2.68. The van der Waals surface area contributed by atoms with Crippen molar-refractivity contribution in [1.82, 2.24) is 19.7 Å². The summed E-state index contributed by atoms with van der Waals surface area (Å²) < 4.78 is 3.29. The van der Waals surface area contributed by atoms with Crippen LogP contribution in [0.2, 0.25) is 0 Å². The second-order valence-electron chi connectivity index (χ2n) is 6.42. The molecular formula is C19H24N4O2. The van der Waals surface area contributed by atoms with Gasteiger partial charge in [0, 0.05) is 28.9 Å². The van der Waals surface area contributed by atoms with E-state index < -0.39 is 0 Å². The van der Waals surface area contributed by atoms with Crippen molar-refractivity contribution in [2.24, 2.45) is 0 Å². The van der Waals surface area contributed by atoms with Gasteiger partial charge in [-0.2, -0.15) is 5.10 Å². The van der Waals surface area contributed by atoms with E-state index in [9.17, 15) is 9.59 Å². The van der Waals surface area contributed by atoms with E-state index >= 15 is 0 Å². The van der Waals surface area contributed by atoms with Gasteiger partial charge in [-0.15, -0.1) is 0 Å². The summed E-state index contributed by atoms with van der Waals surface area (Å²) in [6.45, 7) is 6.72. The highest BCUT2D eigenvalue weighted by Gasteiger charge is 2.16. The molecule has 0 unspecified atom stereocenters. The molecule has 1 amide bonds. The van der Waals surface area contributed by atoms with Gasteiger partial charge in [-0.3, -0.25) is 9.59 Å². The fourth-order valence-corrected chi connectivity index (χ4v) is 3.12. The number of nitrogens with one attached hydrogen (secondary N) is 1. The summed E-state index contributed by atoms with van der Waals surface area (Å²) in [4.78, 5) is 25.1. The normalized spacial score (nSPS) is 12.6. The Morgan fingerprint density at radius 3 is 2.72 bits per heavy atom. The van der Waals surface area contributed by atoms with Gasteiger partial charge < -0.3 is 9.88 Å². The third-order valence-corrected chi connectivity index (χ3v) is 4.53. The van der Waals surface area contributed by atoms with Crippen molar-refractivity contribution in [1.29, 1.82) is 0 Å². The molecule has 3 aromatic rings. The first-order chi connectivity index (χ1) is 12.1. The van der Waals surface area contributed by atoms with E-state index in [1.165, 1.54) is 4.68 Å². The summed E-state index contributed by atoms with van der Waals surface area (Å²) in [6, 6.07) is 8.04. The molecule has 6 heteroatoms. The molecule has 0 spiro atoms. The highest BCUT2D eigenvalue weighted by Crippen LogP contribution is 2.26. The van der Waals surface area contributed by atoms with Crippen LogP contribution in [0.25, 0.3) is 21.8 Å². The lowest BCUT2D eigenvalue weighted by molar-refractivity contribution is -0.122. The van der Waals surface area contributed by atoms with Gasteiger partial charge in [-0.1, -0.05) is 32.0 Å². The van der Waals surface area contributed by atoms with Gasteiger partial charge in [-0.05, 0) is 25.8 Å². The van der Waals surface area contributed by atoms with Gasteiger partial charge in [-0.25, -0.2) is 4.68 Å². The number of benzene rings is 1. The zero-order valence-corrected chi connectivity index (χ0v) is 15.0. The maximum atomic E-state index is 13.0. The first kappa shape index (κ1) is 17.2. The number of rotatable bonds is 6. The van der Waals surface area contributed by atoms with Crippen LogP contribution in [-0.4, -0.2) is 26.3 Å². The minimum absolute atomic E-state index is 0.0627. The van der Waals surface area contributed by atoms with E-state index in [0.29, 0.717) is 5.52 Å². The standard InChI is InChI=1S/C19H24N4O2/c1-4-10-22-16-9-7-6-8-14(16)15-11-20-23(19(25)18(15)22)12-17(24)21-13(3)5-2/h6-9,11,13H,4-5,10,12H2,1-3H3,(H,21,24)/t13-/m1/s1. The van der Waals surface area contributed by atoms with Gasteiger partial charge in [0.25, 0.3) is 5.56 Å². The fourth-order valence-electron chi connectivity index (χ4n) is 3.12. The van der Waals surface area contributed by atoms with Gasteiger partial charge in [0.15, 0.2) is 0 Å². The molecule has 2 heterocycles. The van der Waals surface area contributed by atoms with Crippen LogP contribution in [0.4, 0.5) is 0 Å². The quantitative estimate of drug-likeness (QED) is 0.750. The van der Waals surface area contributed by atoms with E-state index in [2.05, 4.69) is 17.3 Å². The second kappa shape index (κ2) is 7.09. The molecule has 25 heavy (non-hydrogen) atoms. The molecule has 0 saturated carbocycles. The molecule has 0 saturated heterocycles. The minimum atomic E-state index is -0.221. The molecule has 1 N–H and O–H groups in total. The Bertz CT molecular complexity index is 971. The van der Waals surface area contributed by atoms with Crippen LogP contribution in [0.5, 0.6) is 0 Å². The summed E-state index contributed by atoms with van der Waals surface area (Å²) in [7, 11) is 0. The number of hydrogen-bond acceptors (Lipinski definition) is 3. The summed E-state index contributed by atoms with van der Waals surface area (Å²) in [5.74, 6) is -0.193. The summed E-state index contributed by atoms with van der Waals surface area (Å²) in [5, 5.41) is 8.97. The van der Waals surface area contributed by atoms with Gasteiger partial charge in [0.05, 0.1) is 6.20 Å². The summed E-state index contributed by atoms with van der Waals surface area (Å²) in [6.07, 6.45) is 3.46. The van der Waals surface area contributed by atoms with Gasteiger partial charge in [0.1, 0.15) is 12.1 Å². The molecule has 0 aliphatic rings. The Morgan fingerprint density at radius 2 is 2.00 bits per heavy atom. The van der Waals surface area contributed by atoms with Crippen molar-refractivity contribution < 1.29 is 4.79 Å². The molecule has 3 rings (SSSR count). The maximum Gasteiger partial charge on any atom is 0.291 e. The van der Waals surface area contributed by atoms with Crippen LogP contribution >= 0.6 is 0 Å². The molecule has 0 aliphatic carbocycles. The molecule has 6 nitrogen and oxygen atoms in total. The molecule has 1 aromatic carbocycles. The Hall–Kier alpha value is -2.63. The van der Waals surface area contributed by atoms with E-state index in [1.807, 2.05) is 42.7 Å². The number of carbonyl (C=O) groups is 1. The van der Waals surface area contributed by atoms with E-state index in [4.69, 9.17) is 0 Å². The highest BCUT2D eigenvalue weighted by molar-refractivity contribution is 6.07. The van der Waals surface area contributed by atoms with E-state index in [0.717, 1.165) is 35.7 Å². The number of aryl methyl sites for hydroxylation is 1. The Morgan fingerprint density at radius 1 is 1.24 bits per heavy atom. The average molecular weight is 340 g/mol. The molecular weight excluding hydrogens is 316 g/mol. The Balaban J connectivity index is 2.10. The van der Waals surface area contributed by atoms with Crippen LogP contribution in [0.15, 0.2) is 35.3 Å². The predicted molar refractivity (Wildman–Crippen MR) is 99.7 cm³/mol. The molecule has 2 aromatic heterocycles. The Kier molecular flexibility index (Phi) is 4.88. The van der Waals surface area contributed by atoms with Crippen molar-refractivity contribution in [3.05, 3.63) is 40.8 Å². The summed E-state index contributed by atoms with van der Waals surface area (Å²) >= 11 is 0. The smallest absolute Gasteiger partial charge is 0.291 e.